The fourth-order valence-corrected chi connectivity index (χ4v) is 3.41. The molecule has 0 spiro atoms. The maximum Gasteiger partial charge on any atom is 0.227 e. The number of hydrogen-bond donors (Lipinski definition) is 1. The molecule has 2 atom stereocenters. The number of carbonyl (C=O) groups is 1. The number of anilines is 1. The van der Waals surface area contributed by atoms with Crippen molar-refractivity contribution in [2.45, 2.75) is 31.7 Å². The fraction of sp³-hybridized carbons (Fsp3) is 0.350. The van der Waals surface area contributed by atoms with Gasteiger partial charge in [0.25, 0.3) is 0 Å². The molecule has 4 nitrogen and oxygen atoms in total. The van der Waals surface area contributed by atoms with E-state index in [-0.39, 0.29) is 11.9 Å². The standard InChI is InChI=1S/C20H24N2O2/c1-14-11-17(16-5-9-19(24-2)10-6-16)13-22(14)20(23)12-15-3-7-18(21)8-4-15/h3-10,14,17H,11-13,21H2,1-2H3. The molecule has 2 N–H and O–H groups in total. The van der Waals surface area contributed by atoms with Crippen LogP contribution in [0.4, 0.5) is 5.69 Å². The topological polar surface area (TPSA) is 55.6 Å². The van der Waals surface area contributed by atoms with E-state index in [9.17, 15) is 4.79 Å². The first-order valence-electron chi connectivity index (χ1n) is 8.34. The van der Waals surface area contributed by atoms with Gasteiger partial charge in [-0.25, -0.2) is 0 Å². The molecule has 2 unspecified atom stereocenters. The van der Waals surface area contributed by atoms with Crippen LogP contribution >= 0.6 is 0 Å². The van der Waals surface area contributed by atoms with E-state index in [0.29, 0.717) is 12.3 Å². The zero-order chi connectivity index (χ0) is 17.1. The van der Waals surface area contributed by atoms with Crippen LogP contribution in [0.2, 0.25) is 0 Å². The van der Waals surface area contributed by atoms with Crippen molar-refractivity contribution in [3.63, 3.8) is 0 Å². The van der Waals surface area contributed by atoms with Crippen LogP contribution in [-0.4, -0.2) is 30.5 Å². The Morgan fingerprint density at radius 3 is 2.46 bits per heavy atom. The largest absolute Gasteiger partial charge is 0.497 e. The molecule has 0 saturated carbocycles. The molecule has 4 heteroatoms. The van der Waals surface area contributed by atoms with Crippen molar-refractivity contribution < 1.29 is 9.53 Å². The number of nitrogens with zero attached hydrogens (tertiary/aromatic N) is 1. The summed E-state index contributed by atoms with van der Waals surface area (Å²) in [5.74, 6) is 1.44. The highest BCUT2D eigenvalue weighted by molar-refractivity contribution is 5.79. The van der Waals surface area contributed by atoms with Gasteiger partial charge in [0.15, 0.2) is 0 Å². The lowest BCUT2D eigenvalue weighted by Crippen LogP contribution is -2.35. The van der Waals surface area contributed by atoms with Crippen LogP contribution in [-0.2, 0) is 11.2 Å². The van der Waals surface area contributed by atoms with Gasteiger partial charge in [-0.05, 0) is 48.7 Å². The molecule has 1 heterocycles. The minimum Gasteiger partial charge on any atom is -0.497 e. The first kappa shape index (κ1) is 16.4. The first-order valence-corrected chi connectivity index (χ1v) is 8.34. The molecule has 1 aliphatic heterocycles. The van der Waals surface area contributed by atoms with Gasteiger partial charge in [-0.1, -0.05) is 24.3 Å². The molecule has 126 valence electrons. The number of benzene rings is 2. The Kier molecular flexibility index (Phi) is 4.74. The Hall–Kier alpha value is -2.49. The maximum absolute atomic E-state index is 12.7. The van der Waals surface area contributed by atoms with Crippen LogP contribution in [0.5, 0.6) is 5.75 Å². The third-order valence-electron chi connectivity index (χ3n) is 4.82. The second kappa shape index (κ2) is 6.95. The highest BCUT2D eigenvalue weighted by Gasteiger charge is 2.32. The molecule has 2 aromatic carbocycles. The predicted molar refractivity (Wildman–Crippen MR) is 96.1 cm³/mol. The lowest BCUT2D eigenvalue weighted by atomic mass is 9.97. The molecular formula is C20H24N2O2. The zero-order valence-electron chi connectivity index (χ0n) is 14.2. The van der Waals surface area contributed by atoms with Crippen LogP contribution in [0.15, 0.2) is 48.5 Å². The van der Waals surface area contributed by atoms with Crippen LogP contribution in [0, 0.1) is 0 Å². The van der Waals surface area contributed by atoms with Crippen molar-refractivity contribution in [2.75, 3.05) is 19.4 Å². The lowest BCUT2D eigenvalue weighted by Gasteiger charge is -2.21. The van der Waals surface area contributed by atoms with Crippen molar-refractivity contribution in [2.24, 2.45) is 0 Å². The van der Waals surface area contributed by atoms with E-state index in [0.717, 1.165) is 30.0 Å². The molecule has 2 aromatic rings. The van der Waals surface area contributed by atoms with Gasteiger partial charge in [0.1, 0.15) is 5.75 Å². The van der Waals surface area contributed by atoms with Crippen molar-refractivity contribution in [1.82, 2.24) is 4.90 Å². The first-order chi connectivity index (χ1) is 11.6. The Morgan fingerprint density at radius 2 is 1.83 bits per heavy atom. The molecule has 0 aromatic heterocycles. The van der Waals surface area contributed by atoms with Gasteiger partial charge in [0, 0.05) is 24.2 Å². The SMILES string of the molecule is COc1ccc(C2CC(C)N(C(=O)Cc3ccc(N)cc3)C2)cc1. The molecule has 1 aliphatic rings. The van der Waals surface area contributed by atoms with Crippen LogP contribution < -0.4 is 10.5 Å². The van der Waals surface area contributed by atoms with Gasteiger partial charge >= 0.3 is 0 Å². The highest BCUT2D eigenvalue weighted by Crippen LogP contribution is 2.32. The molecule has 1 saturated heterocycles. The zero-order valence-corrected chi connectivity index (χ0v) is 14.2. The summed E-state index contributed by atoms with van der Waals surface area (Å²) in [7, 11) is 1.67. The van der Waals surface area contributed by atoms with Crippen molar-refractivity contribution in [3.8, 4) is 5.75 Å². The van der Waals surface area contributed by atoms with Gasteiger partial charge < -0.3 is 15.4 Å². The second-order valence-corrected chi connectivity index (χ2v) is 6.52. The summed E-state index contributed by atoms with van der Waals surface area (Å²) in [6, 6.07) is 16.0. The normalized spacial score (nSPS) is 20.2. The van der Waals surface area contributed by atoms with E-state index < -0.39 is 0 Å². The molecule has 3 rings (SSSR count). The summed E-state index contributed by atoms with van der Waals surface area (Å²) < 4.78 is 5.21. The summed E-state index contributed by atoms with van der Waals surface area (Å²) in [5, 5.41) is 0. The number of nitrogens with two attached hydrogens (primary N) is 1. The number of likely N-dealkylation sites (tertiary alicyclic amines) is 1. The van der Waals surface area contributed by atoms with Crippen molar-refractivity contribution >= 4 is 11.6 Å². The van der Waals surface area contributed by atoms with E-state index in [4.69, 9.17) is 10.5 Å². The Bertz CT molecular complexity index is 695. The number of hydrogen-bond acceptors (Lipinski definition) is 3. The monoisotopic (exact) mass is 324 g/mol. The molecule has 1 amide bonds. The third kappa shape index (κ3) is 3.53. The predicted octanol–water partition coefficient (Wildman–Crippen LogP) is 3.22. The summed E-state index contributed by atoms with van der Waals surface area (Å²) in [6.45, 7) is 2.91. The highest BCUT2D eigenvalue weighted by atomic mass is 16.5. The van der Waals surface area contributed by atoms with E-state index in [2.05, 4.69) is 19.1 Å². The molecule has 0 aliphatic carbocycles. The fourth-order valence-electron chi connectivity index (χ4n) is 3.41. The van der Waals surface area contributed by atoms with E-state index in [1.807, 2.05) is 41.3 Å². The number of amides is 1. The molecule has 0 radical (unpaired) electrons. The Labute approximate surface area is 143 Å². The number of carbonyl (C=O) groups excluding carboxylic acids is 1. The Morgan fingerprint density at radius 1 is 1.17 bits per heavy atom. The summed E-state index contributed by atoms with van der Waals surface area (Å²) in [4.78, 5) is 14.7. The summed E-state index contributed by atoms with van der Waals surface area (Å²) in [5.41, 5.74) is 8.70. The van der Waals surface area contributed by atoms with Gasteiger partial charge in [0.2, 0.25) is 5.91 Å². The van der Waals surface area contributed by atoms with Crippen LogP contribution in [0.3, 0.4) is 0 Å². The quantitative estimate of drug-likeness (QED) is 0.879. The third-order valence-corrected chi connectivity index (χ3v) is 4.82. The van der Waals surface area contributed by atoms with Crippen molar-refractivity contribution in [1.29, 1.82) is 0 Å². The van der Waals surface area contributed by atoms with Gasteiger partial charge in [0.05, 0.1) is 13.5 Å². The van der Waals surface area contributed by atoms with E-state index in [1.54, 1.807) is 7.11 Å². The molecule has 0 bridgehead atoms. The minimum absolute atomic E-state index is 0.184. The second-order valence-electron chi connectivity index (χ2n) is 6.52. The average molecular weight is 324 g/mol. The number of nitrogen functional groups attached to an aromatic ring is 1. The van der Waals surface area contributed by atoms with Crippen LogP contribution in [0.25, 0.3) is 0 Å². The molecular weight excluding hydrogens is 300 g/mol. The number of ether oxygens (including phenoxy) is 1. The van der Waals surface area contributed by atoms with Gasteiger partial charge in [-0.3, -0.25) is 4.79 Å². The molecule has 1 fully saturated rings. The van der Waals surface area contributed by atoms with Gasteiger partial charge in [-0.15, -0.1) is 0 Å². The smallest absolute Gasteiger partial charge is 0.227 e. The minimum atomic E-state index is 0.184. The Balaban J connectivity index is 1.66. The van der Waals surface area contributed by atoms with Gasteiger partial charge in [-0.2, -0.15) is 0 Å². The average Bonchev–Trinajstić information content (AvgIpc) is 2.99. The maximum atomic E-state index is 12.7. The van der Waals surface area contributed by atoms with E-state index in [1.165, 1.54) is 5.56 Å². The van der Waals surface area contributed by atoms with Crippen LogP contribution in [0.1, 0.15) is 30.4 Å². The number of rotatable bonds is 4. The summed E-state index contributed by atoms with van der Waals surface area (Å²) in [6.07, 6.45) is 1.43. The van der Waals surface area contributed by atoms with Crippen molar-refractivity contribution in [3.05, 3.63) is 59.7 Å². The molecule has 24 heavy (non-hydrogen) atoms. The number of methoxy groups -OCH3 is 1. The lowest BCUT2D eigenvalue weighted by molar-refractivity contribution is -0.131. The summed E-state index contributed by atoms with van der Waals surface area (Å²) >= 11 is 0. The van der Waals surface area contributed by atoms with E-state index >= 15 is 0 Å².